The minimum atomic E-state index is -0.117. The molecule has 0 fully saturated rings. The summed E-state index contributed by atoms with van der Waals surface area (Å²) in [5.74, 6) is 0.0497. The molecule has 38 heavy (non-hydrogen) atoms. The summed E-state index contributed by atoms with van der Waals surface area (Å²) < 4.78 is 0. The molecule has 2 nitrogen and oxygen atoms in total. The van der Waals surface area contributed by atoms with E-state index in [4.69, 9.17) is 151 Å². The van der Waals surface area contributed by atoms with E-state index in [0.717, 1.165) is 0 Å². The van der Waals surface area contributed by atoms with Gasteiger partial charge in [0.2, 0.25) is 0 Å². The van der Waals surface area contributed by atoms with Crippen LogP contribution >= 0.6 is 151 Å². The Morgan fingerprint density at radius 1 is 0.316 bits per heavy atom. The highest BCUT2D eigenvalue weighted by atomic mass is 35.5. The maximum Gasteiger partial charge on any atom is 0.0845 e. The molecule has 0 aliphatic carbocycles. The van der Waals surface area contributed by atoms with Gasteiger partial charge in [0.25, 0.3) is 0 Å². The maximum atomic E-state index is 6.83. The smallest absolute Gasteiger partial charge is 0.0845 e. The van der Waals surface area contributed by atoms with Gasteiger partial charge in [-0.05, 0) is 0 Å². The number of nitrogens with zero attached hydrogens (tertiary/aromatic N) is 2. The Kier molecular flexibility index (Phi) is 11.2. The summed E-state index contributed by atoms with van der Waals surface area (Å²) in [6.45, 7) is 0. The molecular weight excluding hydrogens is 765 g/mol. The second kappa shape index (κ2) is 12.7. The monoisotopic (exact) mass is 771 g/mol. The average Bonchev–Trinajstić information content (AvgIpc) is 2.83. The SMILES string of the molecule is CN(C)c1c(Cl)c(Cl)c([C](c2c(Cl)c(Cl)c(Cl)c(Cl)c2Cl)c2c(Cl)c(Cl)c(N(C)C)c(Cl)c2Cl)c(Cl)c1Cl. The van der Waals surface area contributed by atoms with Crippen molar-refractivity contribution in [1.82, 2.24) is 0 Å². The van der Waals surface area contributed by atoms with Crippen LogP contribution in [0.2, 0.25) is 65.3 Å². The van der Waals surface area contributed by atoms with E-state index in [-0.39, 0.29) is 87.9 Å². The van der Waals surface area contributed by atoms with E-state index >= 15 is 0 Å². The first-order valence-corrected chi connectivity index (χ1v) is 14.9. The predicted octanol–water partition coefficient (Wildman–Crippen LogP) is 13.3. The van der Waals surface area contributed by atoms with Gasteiger partial charge in [-0.25, -0.2) is 0 Å². The molecule has 15 heteroatoms. The fourth-order valence-corrected chi connectivity index (χ4v) is 7.73. The normalized spacial score (nSPS) is 11.5. The topological polar surface area (TPSA) is 6.48 Å². The van der Waals surface area contributed by atoms with Crippen LogP contribution in [0.25, 0.3) is 0 Å². The highest BCUT2D eigenvalue weighted by Crippen LogP contribution is 2.58. The molecule has 0 N–H and O–H groups in total. The lowest BCUT2D eigenvalue weighted by Gasteiger charge is -2.30. The highest BCUT2D eigenvalue weighted by Gasteiger charge is 2.38. The summed E-state index contributed by atoms with van der Waals surface area (Å²) in [4.78, 5) is 3.28. The van der Waals surface area contributed by atoms with Crippen LogP contribution in [0.15, 0.2) is 0 Å². The largest absolute Gasteiger partial charge is 0.375 e. The molecule has 0 aliphatic rings. The van der Waals surface area contributed by atoms with E-state index in [9.17, 15) is 0 Å². The molecule has 0 saturated heterocycles. The van der Waals surface area contributed by atoms with Crippen molar-refractivity contribution in [1.29, 1.82) is 0 Å². The first-order valence-electron chi connectivity index (χ1n) is 9.94. The zero-order valence-corrected chi connectivity index (χ0v) is 29.1. The molecule has 0 unspecified atom stereocenters. The van der Waals surface area contributed by atoms with Crippen molar-refractivity contribution in [3.63, 3.8) is 0 Å². The molecule has 1 radical (unpaired) electrons. The number of rotatable bonds is 5. The third kappa shape index (κ3) is 5.55. The van der Waals surface area contributed by atoms with Gasteiger partial charge in [0.15, 0.2) is 0 Å². The first-order chi connectivity index (χ1) is 17.5. The average molecular weight is 777 g/mol. The lowest BCUT2D eigenvalue weighted by molar-refractivity contribution is 1.12. The van der Waals surface area contributed by atoms with Crippen LogP contribution in [0.4, 0.5) is 11.4 Å². The quantitative estimate of drug-likeness (QED) is 0.145. The van der Waals surface area contributed by atoms with Crippen LogP contribution in [0.5, 0.6) is 0 Å². The predicted molar refractivity (Wildman–Crippen MR) is 174 cm³/mol. The van der Waals surface area contributed by atoms with Crippen molar-refractivity contribution < 1.29 is 0 Å². The molecule has 0 saturated carbocycles. The molecular formula is C23H12Cl13N2. The molecule has 0 aromatic heterocycles. The number of hydrogen-bond acceptors (Lipinski definition) is 2. The fourth-order valence-electron chi connectivity index (χ4n) is 3.66. The van der Waals surface area contributed by atoms with E-state index in [0.29, 0.717) is 11.4 Å². The Labute approximate surface area is 285 Å². The fraction of sp³-hybridized carbons (Fsp3) is 0.174. The summed E-state index contributed by atoms with van der Waals surface area (Å²) in [5, 5.41) is -0.445. The van der Waals surface area contributed by atoms with Gasteiger partial charge in [-0.2, -0.15) is 0 Å². The van der Waals surface area contributed by atoms with E-state index in [1.165, 1.54) is 0 Å². The zero-order chi connectivity index (χ0) is 29.1. The summed E-state index contributed by atoms with van der Waals surface area (Å²) in [7, 11) is 6.85. The van der Waals surface area contributed by atoms with Crippen LogP contribution in [0.3, 0.4) is 0 Å². The Bertz CT molecular complexity index is 1300. The van der Waals surface area contributed by atoms with Gasteiger partial charge >= 0.3 is 0 Å². The van der Waals surface area contributed by atoms with Crippen molar-refractivity contribution in [3.05, 3.63) is 87.9 Å². The van der Waals surface area contributed by atoms with E-state index in [1.54, 1.807) is 38.0 Å². The molecule has 3 aromatic carbocycles. The Morgan fingerprint density at radius 2 is 0.500 bits per heavy atom. The highest BCUT2D eigenvalue weighted by molar-refractivity contribution is 6.57. The van der Waals surface area contributed by atoms with Crippen LogP contribution in [0.1, 0.15) is 16.7 Å². The van der Waals surface area contributed by atoms with Gasteiger partial charge in [0.1, 0.15) is 0 Å². The van der Waals surface area contributed by atoms with Gasteiger partial charge in [0, 0.05) is 44.9 Å². The van der Waals surface area contributed by atoms with E-state index in [2.05, 4.69) is 0 Å². The summed E-state index contributed by atoms with van der Waals surface area (Å²) >= 11 is 86.5. The minimum absolute atomic E-state index is 0.0230. The van der Waals surface area contributed by atoms with Crippen molar-refractivity contribution in [2.24, 2.45) is 0 Å². The number of halogens is 13. The van der Waals surface area contributed by atoms with Crippen molar-refractivity contribution >= 4 is 162 Å². The third-order valence-electron chi connectivity index (χ3n) is 5.33. The lowest BCUT2D eigenvalue weighted by Crippen LogP contribution is -2.16. The molecule has 0 spiro atoms. The maximum absolute atomic E-state index is 6.83. The van der Waals surface area contributed by atoms with Crippen LogP contribution in [-0.4, -0.2) is 28.2 Å². The van der Waals surface area contributed by atoms with Gasteiger partial charge < -0.3 is 9.80 Å². The van der Waals surface area contributed by atoms with Gasteiger partial charge in [-0.15, -0.1) is 0 Å². The molecule has 0 bridgehead atoms. The summed E-state index contributed by atoms with van der Waals surface area (Å²) in [6, 6.07) is 0. The Morgan fingerprint density at radius 3 is 0.711 bits per heavy atom. The van der Waals surface area contributed by atoms with Gasteiger partial charge in [-0.1, -0.05) is 151 Å². The molecule has 0 heterocycles. The summed E-state index contributed by atoms with van der Waals surface area (Å²) in [5.41, 5.74) is 0.843. The van der Waals surface area contributed by atoms with E-state index < -0.39 is 0 Å². The van der Waals surface area contributed by atoms with Gasteiger partial charge in [-0.3, -0.25) is 0 Å². The van der Waals surface area contributed by atoms with Crippen LogP contribution < -0.4 is 9.80 Å². The molecule has 3 rings (SSSR count). The molecule has 205 valence electrons. The molecule has 3 aromatic rings. The first kappa shape index (κ1) is 33.5. The number of hydrogen-bond donors (Lipinski definition) is 0. The van der Waals surface area contributed by atoms with Crippen molar-refractivity contribution in [2.75, 3.05) is 38.0 Å². The van der Waals surface area contributed by atoms with Crippen LogP contribution in [0, 0.1) is 5.92 Å². The molecule has 0 atom stereocenters. The minimum Gasteiger partial charge on any atom is -0.375 e. The third-order valence-corrected chi connectivity index (χ3v) is 11.0. The molecule has 0 amide bonds. The second-order valence-electron chi connectivity index (χ2n) is 8.07. The standard InChI is InChI=1S/C23H12Cl13N2/c1-37(2)22-18(33)11(26)7(12(27)19(22)34)5(6-9(24)15(30)17(32)16(31)10(6)25)8-13(28)20(35)23(38(3)4)21(36)14(8)29/h1-4H3. The van der Waals surface area contributed by atoms with E-state index in [1.807, 2.05) is 0 Å². The Hall–Kier alpha value is 1.03. The number of anilines is 2. The zero-order valence-electron chi connectivity index (χ0n) is 19.3. The van der Waals surface area contributed by atoms with Gasteiger partial charge in [0.05, 0.1) is 82.6 Å². The Balaban J connectivity index is 2.69. The lowest BCUT2D eigenvalue weighted by atomic mass is 9.84. The summed E-state index contributed by atoms with van der Waals surface area (Å²) in [6.07, 6.45) is 0. The van der Waals surface area contributed by atoms with Crippen molar-refractivity contribution in [2.45, 2.75) is 0 Å². The van der Waals surface area contributed by atoms with Crippen molar-refractivity contribution in [3.8, 4) is 0 Å². The van der Waals surface area contributed by atoms with Crippen LogP contribution in [-0.2, 0) is 0 Å². The number of benzene rings is 3. The second-order valence-corrected chi connectivity index (χ2v) is 13.0. The molecule has 0 aliphatic heterocycles.